The lowest BCUT2D eigenvalue weighted by Crippen LogP contribution is -2.43. The van der Waals surface area contributed by atoms with E-state index in [1.807, 2.05) is 65.6 Å². The number of ether oxygens (including phenoxy) is 1. The summed E-state index contributed by atoms with van der Waals surface area (Å²) in [5.74, 6) is 0.944. The molecule has 166 valence electrons. The first kappa shape index (κ1) is 22.1. The number of nitrogens with zero attached hydrogens (tertiary/aromatic N) is 1. The number of carbonyl (C=O) groups excluding carboxylic acids is 2. The second kappa shape index (κ2) is 11.0. The van der Waals surface area contributed by atoms with Crippen LogP contribution >= 0.6 is 11.3 Å². The summed E-state index contributed by atoms with van der Waals surface area (Å²) in [5.41, 5.74) is 1.69. The van der Waals surface area contributed by atoms with Gasteiger partial charge in [0.25, 0.3) is 5.91 Å². The van der Waals surface area contributed by atoms with Crippen LogP contribution < -0.4 is 10.1 Å². The fraction of sp³-hybridized carbons (Fsp3) is 0.308. The van der Waals surface area contributed by atoms with Crippen molar-refractivity contribution in [2.24, 2.45) is 5.92 Å². The van der Waals surface area contributed by atoms with Gasteiger partial charge in [-0.2, -0.15) is 0 Å². The van der Waals surface area contributed by atoms with Crippen LogP contribution in [0.5, 0.6) is 5.75 Å². The maximum absolute atomic E-state index is 12.9. The van der Waals surface area contributed by atoms with Gasteiger partial charge in [-0.05, 0) is 60.5 Å². The number of amides is 2. The molecule has 1 aromatic heterocycles. The molecule has 0 spiro atoms. The number of hydrogen-bond acceptors (Lipinski definition) is 4. The van der Waals surface area contributed by atoms with Crippen molar-refractivity contribution >= 4 is 23.2 Å². The Bertz CT molecular complexity index is 995. The van der Waals surface area contributed by atoms with Crippen molar-refractivity contribution in [2.75, 3.05) is 19.6 Å². The number of para-hydroxylation sites is 1. The Balaban J connectivity index is 1.21. The molecular formula is C26H28N2O3S. The predicted molar refractivity (Wildman–Crippen MR) is 127 cm³/mol. The number of benzene rings is 2. The molecule has 0 radical (unpaired) electrons. The van der Waals surface area contributed by atoms with Gasteiger partial charge in [-0.15, -0.1) is 11.3 Å². The van der Waals surface area contributed by atoms with Gasteiger partial charge in [0.15, 0.2) is 0 Å². The Labute approximate surface area is 193 Å². The second-order valence-corrected chi connectivity index (χ2v) is 9.02. The number of carbonyl (C=O) groups is 2. The third-order valence-corrected chi connectivity index (χ3v) is 6.69. The lowest BCUT2D eigenvalue weighted by Gasteiger charge is -2.31. The Morgan fingerprint density at radius 1 is 0.969 bits per heavy atom. The molecule has 0 bridgehead atoms. The van der Waals surface area contributed by atoms with Crippen LogP contribution in [0.2, 0.25) is 0 Å². The minimum atomic E-state index is -0.0140. The van der Waals surface area contributed by atoms with Crippen molar-refractivity contribution < 1.29 is 14.3 Å². The second-order valence-electron chi connectivity index (χ2n) is 7.99. The summed E-state index contributed by atoms with van der Waals surface area (Å²) in [6, 6.07) is 21.4. The molecule has 32 heavy (non-hydrogen) atoms. The highest BCUT2D eigenvalue weighted by Crippen LogP contribution is 2.20. The standard InChI is InChI=1S/C26H28N2O3S/c29-25(27-15-12-24-7-4-18-32-24)21-13-16-28(17-14-21)26(30)22-10-8-20(9-11-22)19-31-23-5-2-1-3-6-23/h1-11,18,21H,12-17,19H2,(H,27,29). The van der Waals surface area contributed by atoms with Crippen molar-refractivity contribution in [1.82, 2.24) is 10.2 Å². The van der Waals surface area contributed by atoms with E-state index >= 15 is 0 Å². The van der Waals surface area contributed by atoms with E-state index in [1.165, 1.54) is 4.88 Å². The Kier molecular flexibility index (Phi) is 7.56. The molecule has 0 unspecified atom stereocenters. The molecule has 4 rings (SSSR count). The molecule has 2 heterocycles. The van der Waals surface area contributed by atoms with Gasteiger partial charge in [-0.3, -0.25) is 9.59 Å². The summed E-state index contributed by atoms with van der Waals surface area (Å²) in [4.78, 5) is 28.5. The molecule has 1 aliphatic heterocycles. The maximum atomic E-state index is 12.9. The van der Waals surface area contributed by atoms with Crippen molar-refractivity contribution in [3.05, 3.63) is 88.1 Å². The molecule has 0 saturated carbocycles. The van der Waals surface area contributed by atoms with Crippen LogP contribution in [-0.4, -0.2) is 36.3 Å². The summed E-state index contributed by atoms with van der Waals surface area (Å²) in [6.45, 7) is 2.35. The normalized spacial score (nSPS) is 14.2. The molecule has 1 fully saturated rings. The minimum absolute atomic E-state index is 0.0140. The number of nitrogens with one attached hydrogen (secondary N) is 1. The zero-order chi connectivity index (χ0) is 22.2. The van der Waals surface area contributed by atoms with E-state index in [0.717, 1.165) is 17.7 Å². The maximum Gasteiger partial charge on any atom is 0.253 e. The molecule has 0 aliphatic carbocycles. The van der Waals surface area contributed by atoms with Gasteiger partial charge in [0.2, 0.25) is 5.91 Å². The van der Waals surface area contributed by atoms with Crippen molar-refractivity contribution in [1.29, 1.82) is 0 Å². The van der Waals surface area contributed by atoms with Crippen molar-refractivity contribution in [3.63, 3.8) is 0 Å². The molecule has 5 nitrogen and oxygen atoms in total. The lowest BCUT2D eigenvalue weighted by atomic mass is 9.95. The van der Waals surface area contributed by atoms with Crippen molar-refractivity contribution in [3.8, 4) is 5.75 Å². The van der Waals surface area contributed by atoms with Crippen LogP contribution in [0.1, 0.15) is 33.6 Å². The van der Waals surface area contributed by atoms with Crippen LogP contribution in [-0.2, 0) is 17.8 Å². The van der Waals surface area contributed by atoms with Crippen molar-refractivity contribution in [2.45, 2.75) is 25.9 Å². The first-order chi connectivity index (χ1) is 15.7. The van der Waals surface area contributed by atoms with E-state index in [0.29, 0.717) is 44.6 Å². The summed E-state index contributed by atoms with van der Waals surface area (Å²) >= 11 is 1.71. The van der Waals surface area contributed by atoms with E-state index in [1.54, 1.807) is 11.3 Å². The summed E-state index contributed by atoms with van der Waals surface area (Å²) in [6.07, 6.45) is 2.28. The number of rotatable bonds is 8. The highest BCUT2D eigenvalue weighted by molar-refractivity contribution is 7.09. The number of likely N-dealkylation sites (tertiary alicyclic amines) is 1. The fourth-order valence-corrected chi connectivity index (χ4v) is 4.57. The Morgan fingerprint density at radius 2 is 1.72 bits per heavy atom. The van der Waals surface area contributed by atoms with E-state index in [-0.39, 0.29) is 17.7 Å². The predicted octanol–water partition coefficient (Wildman–Crippen LogP) is 4.54. The summed E-state index contributed by atoms with van der Waals surface area (Å²) in [5, 5.41) is 5.10. The summed E-state index contributed by atoms with van der Waals surface area (Å²) < 4.78 is 5.76. The third-order valence-electron chi connectivity index (χ3n) is 5.75. The molecular weight excluding hydrogens is 420 g/mol. The molecule has 1 N–H and O–H groups in total. The Hall–Kier alpha value is -3.12. The van der Waals surface area contributed by atoms with Crippen LogP contribution in [0, 0.1) is 5.92 Å². The minimum Gasteiger partial charge on any atom is -0.489 e. The van der Waals surface area contributed by atoms with Gasteiger partial charge in [0.1, 0.15) is 12.4 Å². The SMILES string of the molecule is O=C(NCCc1cccs1)C1CCN(C(=O)c2ccc(COc3ccccc3)cc2)CC1. The van der Waals surface area contributed by atoms with Gasteiger partial charge in [-0.1, -0.05) is 36.4 Å². The van der Waals surface area contributed by atoms with Crippen LogP contribution in [0.3, 0.4) is 0 Å². The van der Waals surface area contributed by atoms with Gasteiger partial charge in [-0.25, -0.2) is 0 Å². The highest BCUT2D eigenvalue weighted by atomic mass is 32.1. The first-order valence-electron chi connectivity index (χ1n) is 11.1. The van der Waals surface area contributed by atoms with Crippen LogP contribution in [0.4, 0.5) is 0 Å². The average Bonchev–Trinajstić information content (AvgIpc) is 3.37. The summed E-state index contributed by atoms with van der Waals surface area (Å²) in [7, 11) is 0. The molecule has 1 aliphatic rings. The monoisotopic (exact) mass is 448 g/mol. The number of hydrogen-bond donors (Lipinski definition) is 1. The lowest BCUT2D eigenvalue weighted by molar-refractivity contribution is -0.126. The van der Waals surface area contributed by atoms with Crippen LogP contribution in [0.15, 0.2) is 72.1 Å². The molecule has 2 amide bonds. The van der Waals surface area contributed by atoms with Crippen LogP contribution in [0.25, 0.3) is 0 Å². The largest absolute Gasteiger partial charge is 0.489 e. The van der Waals surface area contributed by atoms with Gasteiger partial charge in [0.05, 0.1) is 0 Å². The van der Waals surface area contributed by atoms with E-state index < -0.39 is 0 Å². The highest BCUT2D eigenvalue weighted by Gasteiger charge is 2.27. The zero-order valence-corrected chi connectivity index (χ0v) is 18.9. The number of piperidine rings is 1. The van der Waals surface area contributed by atoms with Gasteiger partial charge < -0.3 is 15.0 Å². The molecule has 3 aromatic rings. The number of thiophene rings is 1. The smallest absolute Gasteiger partial charge is 0.253 e. The molecule has 0 atom stereocenters. The topological polar surface area (TPSA) is 58.6 Å². The average molecular weight is 449 g/mol. The first-order valence-corrected chi connectivity index (χ1v) is 11.9. The van der Waals surface area contributed by atoms with E-state index in [2.05, 4.69) is 16.8 Å². The van der Waals surface area contributed by atoms with Gasteiger partial charge in [0, 0.05) is 36.0 Å². The van der Waals surface area contributed by atoms with E-state index in [9.17, 15) is 9.59 Å². The quantitative estimate of drug-likeness (QED) is 0.551. The molecule has 6 heteroatoms. The third kappa shape index (κ3) is 5.98. The fourth-order valence-electron chi connectivity index (χ4n) is 3.86. The molecule has 2 aromatic carbocycles. The Morgan fingerprint density at radius 3 is 2.41 bits per heavy atom. The van der Waals surface area contributed by atoms with Gasteiger partial charge >= 0.3 is 0 Å². The van der Waals surface area contributed by atoms with E-state index in [4.69, 9.17) is 4.74 Å². The zero-order valence-electron chi connectivity index (χ0n) is 18.0. The molecule has 1 saturated heterocycles.